The standard InChI is InChI=1S/C11H14F2O.C11H15FO.C11H16O2.5C11H16O.C10H13FO/c1-7(2)14-6-9-4-8(3)5-10(12)11(9)13;1-8(2)13-7-10-5-4-9(3)11(12)6-10;1-9(2)13-8-10-5-4-6-11(7-10)12-3;1-9(2)12-8-11-6-4-10(3)5-7-11;4*1-9(2)12-8-11-6-4-5-10(3)7-11;1-8(2)12-7-9-5-3-4-6-10(9)11/h4-5,7H,6H2,1-3H3;4-6,8H,7H2,1-3H3;4-7,9H,8H2,1-3H3;5*4-7,9H,8H2,1-3H3;3-6,8H,7H2,1-2H3. The van der Waals surface area contributed by atoms with Crippen LogP contribution in [0.3, 0.4) is 0 Å². The van der Waals surface area contributed by atoms with Crippen LogP contribution in [0.1, 0.15) is 214 Å². The molecular formula is C98H138F4O10. The van der Waals surface area contributed by atoms with E-state index in [0.717, 1.165) is 49.9 Å². The lowest BCUT2D eigenvalue weighted by molar-refractivity contribution is 0.0634. The van der Waals surface area contributed by atoms with Gasteiger partial charge in [0.15, 0.2) is 11.6 Å². The van der Waals surface area contributed by atoms with Gasteiger partial charge in [-0.05, 0) is 253 Å². The monoisotopic (exact) mass is 1550 g/mol. The molecule has 0 radical (unpaired) electrons. The van der Waals surface area contributed by atoms with Gasteiger partial charge >= 0.3 is 0 Å². The van der Waals surface area contributed by atoms with E-state index in [1.54, 1.807) is 45.2 Å². The lowest BCUT2D eigenvalue weighted by Gasteiger charge is -2.09. The Kier molecular flexibility index (Phi) is 54.5. The number of halogens is 4. The van der Waals surface area contributed by atoms with Crippen LogP contribution in [-0.2, 0) is 102 Å². The van der Waals surface area contributed by atoms with Crippen molar-refractivity contribution in [2.75, 3.05) is 7.11 Å². The van der Waals surface area contributed by atoms with E-state index in [9.17, 15) is 17.6 Å². The summed E-state index contributed by atoms with van der Waals surface area (Å²) in [5.41, 5.74) is 17.0. The predicted octanol–water partition coefficient (Wildman–Crippen LogP) is 26.2. The van der Waals surface area contributed by atoms with Crippen LogP contribution >= 0.6 is 0 Å². The molecule has 0 saturated carbocycles. The van der Waals surface area contributed by atoms with Crippen LogP contribution in [0.5, 0.6) is 5.75 Å². The first-order valence-corrected chi connectivity index (χ1v) is 39.3. The topological polar surface area (TPSA) is 92.3 Å². The first kappa shape index (κ1) is 102. The molecule has 0 aliphatic carbocycles. The van der Waals surface area contributed by atoms with Gasteiger partial charge in [0, 0.05) is 11.1 Å². The maximum Gasteiger partial charge on any atom is 0.164 e. The number of hydrogen-bond acceptors (Lipinski definition) is 10. The number of rotatable bonds is 28. The molecule has 0 unspecified atom stereocenters. The molecule has 618 valence electrons. The van der Waals surface area contributed by atoms with Gasteiger partial charge in [-0.15, -0.1) is 0 Å². The van der Waals surface area contributed by atoms with E-state index in [0.29, 0.717) is 67.0 Å². The van der Waals surface area contributed by atoms with Crippen molar-refractivity contribution in [3.05, 3.63) is 312 Å². The average molecular weight is 1550 g/mol. The molecule has 0 spiro atoms. The van der Waals surface area contributed by atoms with Crippen molar-refractivity contribution in [3.63, 3.8) is 0 Å². The summed E-state index contributed by atoms with van der Waals surface area (Å²) >= 11 is 0. The maximum absolute atomic E-state index is 13.2. The van der Waals surface area contributed by atoms with E-state index in [-0.39, 0.29) is 48.2 Å². The molecule has 0 heterocycles. The Morgan fingerprint density at radius 3 is 0.839 bits per heavy atom. The molecule has 0 bridgehead atoms. The van der Waals surface area contributed by atoms with Crippen LogP contribution in [0.2, 0.25) is 0 Å². The second-order valence-electron chi connectivity index (χ2n) is 29.9. The Morgan fingerprint density at radius 1 is 0.223 bits per heavy atom. The molecular weight excluding hydrogens is 1410 g/mol. The van der Waals surface area contributed by atoms with E-state index in [4.69, 9.17) is 47.4 Å². The number of ether oxygens (including phenoxy) is 10. The molecule has 0 aliphatic rings. The zero-order valence-corrected chi connectivity index (χ0v) is 72.7. The van der Waals surface area contributed by atoms with Crippen molar-refractivity contribution in [1.29, 1.82) is 0 Å². The molecule has 14 heteroatoms. The highest BCUT2D eigenvalue weighted by Crippen LogP contribution is 2.19. The summed E-state index contributed by atoms with van der Waals surface area (Å²) in [4.78, 5) is 0. The second-order valence-corrected chi connectivity index (χ2v) is 29.9. The fourth-order valence-corrected chi connectivity index (χ4v) is 9.25. The summed E-state index contributed by atoms with van der Waals surface area (Å²) in [7, 11) is 1.67. The number of benzene rings is 9. The third-order valence-electron chi connectivity index (χ3n) is 15.3. The minimum Gasteiger partial charge on any atom is -0.497 e. The Labute approximate surface area is 674 Å². The van der Waals surface area contributed by atoms with Crippen LogP contribution < -0.4 is 4.74 Å². The molecule has 9 aromatic carbocycles. The number of hydrogen-bond donors (Lipinski definition) is 0. The normalized spacial score (nSPS) is 10.7. The fraction of sp³-hybridized carbons (Fsp3) is 0.449. The molecule has 0 aromatic heterocycles. The summed E-state index contributed by atoms with van der Waals surface area (Å²) in [5, 5.41) is 0. The largest absolute Gasteiger partial charge is 0.497 e. The van der Waals surface area contributed by atoms with Gasteiger partial charge < -0.3 is 47.4 Å². The summed E-state index contributed by atoms with van der Waals surface area (Å²) in [6.45, 7) is 55.2. The Hall–Kier alpha value is -7.86. The molecule has 0 atom stereocenters. The SMILES string of the molecule is CC(C)OCc1ccccc1F.COc1cccc(COC(C)C)c1.Cc1cc(F)c(F)c(COC(C)C)c1.Cc1ccc(COC(C)C)cc1.Cc1ccc(COC(C)C)cc1F.Cc1cccc(COC(C)C)c1.Cc1cccc(COC(C)C)c1.Cc1cccc(COC(C)C)c1.Cc1cccc(COC(C)C)c1. The van der Waals surface area contributed by atoms with Gasteiger partial charge in [-0.1, -0.05) is 198 Å². The molecule has 112 heavy (non-hydrogen) atoms. The third kappa shape index (κ3) is 54.0. The minimum absolute atomic E-state index is 0.0120. The van der Waals surface area contributed by atoms with Crippen molar-refractivity contribution in [2.24, 2.45) is 0 Å². The Morgan fingerprint density at radius 2 is 0.518 bits per heavy atom. The van der Waals surface area contributed by atoms with Gasteiger partial charge in [-0.2, -0.15) is 0 Å². The molecule has 10 nitrogen and oxygen atoms in total. The summed E-state index contributed by atoms with van der Waals surface area (Å²) < 4.78 is 106. The highest BCUT2D eigenvalue weighted by atomic mass is 19.2. The Balaban J connectivity index is 0.000000630. The first-order chi connectivity index (χ1) is 52.9. The minimum atomic E-state index is -0.813. The lowest BCUT2D eigenvalue weighted by atomic mass is 10.1. The number of methoxy groups -OCH3 is 1. The van der Waals surface area contributed by atoms with Gasteiger partial charge in [-0.25, -0.2) is 17.6 Å². The van der Waals surface area contributed by atoms with Gasteiger partial charge in [0.05, 0.1) is 122 Å². The average Bonchev–Trinajstić information content (AvgIpc) is 0.856. The van der Waals surface area contributed by atoms with Gasteiger partial charge in [-0.3, -0.25) is 0 Å². The second kappa shape index (κ2) is 59.8. The van der Waals surface area contributed by atoms with E-state index < -0.39 is 11.6 Å². The van der Waals surface area contributed by atoms with E-state index in [1.807, 2.05) is 106 Å². The van der Waals surface area contributed by atoms with Gasteiger partial charge in [0.1, 0.15) is 17.4 Å². The van der Waals surface area contributed by atoms with Crippen LogP contribution in [0, 0.1) is 71.7 Å². The quantitative estimate of drug-likeness (QED) is 0.0442. The smallest absolute Gasteiger partial charge is 0.164 e. The van der Waals surface area contributed by atoms with Crippen molar-refractivity contribution in [2.45, 2.75) is 287 Å². The highest BCUT2D eigenvalue weighted by Gasteiger charge is 2.11. The van der Waals surface area contributed by atoms with Gasteiger partial charge in [0.25, 0.3) is 0 Å². The van der Waals surface area contributed by atoms with E-state index in [2.05, 4.69) is 211 Å². The molecule has 0 aliphatic heterocycles. The van der Waals surface area contributed by atoms with Crippen molar-refractivity contribution < 1.29 is 64.9 Å². The Bertz CT molecular complexity index is 3670. The van der Waals surface area contributed by atoms with Crippen molar-refractivity contribution in [1.82, 2.24) is 0 Å². The van der Waals surface area contributed by atoms with Crippen LogP contribution in [0.15, 0.2) is 200 Å². The summed E-state index contributed by atoms with van der Waals surface area (Å²) in [6.07, 6.45) is 2.16. The number of aryl methyl sites for hydroxylation is 7. The first-order valence-electron chi connectivity index (χ1n) is 39.3. The van der Waals surface area contributed by atoms with Gasteiger partial charge in [0.2, 0.25) is 0 Å². The van der Waals surface area contributed by atoms with Crippen molar-refractivity contribution >= 4 is 0 Å². The lowest BCUT2D eigenvalue weighted by Crippen LogP contribution is -2.05. The van der Waals surface area contributed by atoms with E-state index >= 15 is 0 Å². The molecule has 0 fully saturated rings. The zero-order chi connectivity index (χ0) is 84.1. The zero-order valence-electron chi connectivity index (χ0n) is 72.7. The van der Waals surface area contributed by atoms with Crippen LogP contribution in [0.25, 0.3) is 0 Å². The van der Waals surface area contributed by atoms with E-state index in [1.165, 1.54) is 73.8 Å². The molecule has 0 amide bonds. The molecule has 9 aromatic rings. The third-order valence-corrected chi connectivity index (χ3v) is 15.3. The summed E-state index contributed by atoms with van der Waals surface area (Å²) in [6, 6.07) is 64.6. The summed E-state index contributed by atoms with van der Waals surface area (Å²) in [5.74, 6) is -1.10. The molecule has 0 N–H and O–H groups in total. The van der Waals surface area contributed by atoms with Crippen molar-refractivity contribution in [3.8, 4) is 5.75 Å². The predicted molar refractivity (Wildman–Crippen MR) is 457 cm³/mol. The molecule has 0 saturated heterocycles. The van der Waals surface area contributed by atoms with Crippen LogP contribution in [0.4, 0.5) is 17.6 Å². The highest BCUT2D eigenvalue weighted by molar-refractivity contribution is 5.30. The molecule has 9 rings (SSSR count). The fourth-order valence-electron chi connectivity index (χ4n) is 9.25. The maximum atomic E-state index is 13.2. The van der Waals surface area contributed by atoms with Crippen LogP contribution in [-0.4, -0.2) is 62.0 Å².